The van der Waals surface area contributed by atoms with Crippen LogP contribution in [0.4, 0.5) is 0 Å². The predicted molar refractivity (Wildman–Crippen MR) is 118 cm³/mol. The first-order valence-corrected chi connectivity index (χ1v) is 8.44. The van der Waals surface area contributed by atoms with Crippen molar-refractivity contribution in [1.82, 2.24) is 0 Å². The molecule has 0 amide bonds. The molecule has 0 radical (unpaired) electrons. The first-order chi connectivity index (χ1) is 11.1. The molecule has 0 N–H and O–H groups in total. The second-order valence-electron chi connectivity index (χ2n) is 6.18. The van der Waals surface area contributed by atoms with Gasteiger partial charge in [0.25, 0.3) is 0 Å². The zero-order valence-electron chi connectivity index (χ0n) is 18.0. The molecule has 26 heavy (non-hydrogen) atoms. The minimum atomic E-state index is 0. The molecule has 2 heteroatoms. The van der Waals surface area contributed by atoms with Crippen LogP contribution in [-0.4, -0.2) is 0 Å². The van der Waals surface area contributed by atoms with Crippen LogP contribution >= 0.6 is 12.4 Å². The van der Waals surface area contributed by atoms with Crippen LogP contribution in [0.1, 0.15) is 55.4 Å². The molecule has 2 unspecified atom stereocenters. The SMILES string of the molecule is C=C[CH2-].C=C[CH2-].CC1=[C-]C(C)C(C)=C1C.CC1=[C-]C(C)C(C)=C1C.Cl.[Zr+4]. The Morgan fingerprint density at radius 2 is 0.923 bits per heavy atom. The Balaban J connectivity index is -0.000000136. The second-order valence-corrected chi connectivity index (χ2v) is 6.18. The summed E-state index contributed by atoms with van der Waals surface area (Å²) in [5, 5.41) is 0. The van der Waals surface area contributed by atoms with E-state index in [1.165, 1.54) is 45.6 Å². The summed E-state index contributed by atoms with van der Waals surface area (Å²) in [5.74, 6) is 1.12. The van der Waals surface area contributed by atoms with Crippen LogP contribution < -0.4 is 0 Å². The van der Waals surface area contributed by atoms with E-state index >= 15 is 0 Å². The van der Waals surface area contributed by atoms with Gasteiger partial charge in [-0.3, -0.25) is 12.2 Å². The van der Waals surface area contributed by atoms with Crippen molar-refractivity contribution in [2.75, 3.05) is 0 Å². The molecule has 144 valence electrons. The van der Waals surface area contributed by atoms with E-state index < -0.39 is 0 Å². The third kappa shape index (κ3) is 11.9. The predicted octanol–water partition coefficient (Wildman–Crippen LogP) is 7.88. The average Bonchev–Trinajstić information content (AvgIpc) is 2.86. The fourth-order valence-electron chi connectivity index (χ4n) is 2.32. The van der Waals surface area contributed by atoms with Crippen LogP contribution in [0.5, 0.6) is 0 Å². The van der Waals surface area contributed by atoms with E-state index in [0.717, 1.165) is 0 Å². The molecule has 0 aromatic heterocycles. The molecular weight excluding hydrogens is 415 g/mol. The Morgan fingerprint density at radius 3 is 0.962 bits per heavy atom. The van der Waals surface area contributed by atoms with E-state index in [0.29, 0.717) is 11.8 Å². The van der Waals surface area contributed by atoms with Gasteiger partial charge in [0.05, 0.1) is 0 Å². The fourth-order valence-corrected chi connectivity index (χ4v) is 2.32. The van der Waals surface area contributed by atoms with E-state index in [1.54, 1.807) is 0 Å². The van der Waals surface area contributed by atoms with Crippen molar-refractivity contribution in [3.63, 3.8) is 0 Å². The molecule has 0 saturated heterocycles. The number of rotatable bonds is 0. The fraction of sp³-hybridized carbons (Fsp3) is 0.417. The van der Waals surface area contributed by atoms with Crippen molar-refractivity contribution < 1.29 is 26.2 Å². The summed E-state index contributed by atoms with van der Waals surface area (Å²) in [6, 6.07) is 0. The van der Waals surface area contributed by atoms with E-state index in [9.17, 15) is 0 Å². The molecule has 0 aromatic carbocycles. The number of halogens is 1. The van der Waals surface area contributed by atoms with E-state index in [-0.39, 0.29) is 38.6 Å². The minimum absolute atomic E-state index is 0. The molecular formula is C24H37ClZr. The molecule has 0 bridgehead atoms. The van der Waals surface area contributed by atoms with Gasteiger partial charge in [-0.15, -0.1) is 26.3 Å². The van der Waals surface area contributed by atoms with Crippen LogP contribution in [-0.2, 0) is 26.2 Å². The summed E-state index contributed by atoms with van der Waals surface area (Å²) in [5.41, 5.74) is 8.49. The molecule has 2 aliphatic rings. The van der Waals surface area contributed by atoms with Crippen LogP contribution in [0.2, 0.25) is 0 Å². The Hall–Kier alpha value is -0.647. The van der Waals surface area contributed by atoms with Gasteiger partial charge in [0.15, 0.2) is 0 Å². The van der Waals surface area contributed by atoms with Crippen molar-refractivity contribution in [2.45, 2.75) is 55.4 Å². The smallest absolute Gasteiger partial charge is 0.266 e. The molecule has 2 rings (SSSR count). The maximum Gasteiger partial charge on any atom is 4.00 e. The quantitative estimate of drug-likeness (QED) is 0.328. The molecule has 0 heterocycles. The van der Waals surface area contributed by atoms with E-state index in [2.05, 4.69) is 94.5 Å². The Kier molecular flexibility index (Phi) is 22.5. The summed E-state index contributed by atoms with van der Waals surface area (Å²) >= 11 is 0. The molecule has 0 aliphatic heterocycles. The Bertz CT molecular complexity index is 495. The van der Waals surface area contributed by atoms with Gasteiger partial charge in [-0.05, 0) is 0 Å². The maximum atomic E-state index is 3.36. The van der Waals surface area contributed by atoms with Crippen LogP contribution in [0.3, 0.4) is 0 Å². The largest absolute Gasteiger partial charge is 4.00 e. The Morgan fingerprint density at radius 1 is 0.731 bits per heavy atom. The monoisotopic (exact) mass is 450 g/mol. The zero-order chi connectivity index (χ0) is 19.4. The number of allylic oxidation sites excluding steroid dienone is 10. The van der Waals surface area contributed by atoms with Gasteiger partial charge in [-0.25, -0.2) is 50.3 Å². The molecule has 0 fully saturated rings. The average molecular weight is 452 g/mol. The summed E-state index contributed by atoms with van der Waals surface area (Å²) in [4.78, 5) is 0. The second kappa shape index (κ2) is 17.8. The van der Waals surface area contributed by atoms with Gasteiger partial charge < -0.3 is 0 Å². The van der Waals surface area contributed by atoms with Gasteiger partial charge in [-0.2, -0.15) is 22.3 Å². The third-order valence-corrected chi connectivity index (χ3v) is 4.47. The standard InChI is InChI=1S/2C9H13.2C3H5.ClH.Zr/c2*1-6-5-7(2)9(4)8(6)3;2*1-3-2;;/h2*6H,1-4H3;2*3H,1-2H2;1H;/q4*-1;;+4. The summed E-state index contributed by atoms with van der Waals surface area (Å²) in [6.45, 7) is 30.3. The summed E-state index contributed by atoms with van der Waals surface area (Å²) in [6.07, 6.45) is 9.72. The molecule has 0 nitrogen and oxygen atoms in total. The van der Waals surface area contributed by atoms with Crippen LogP contribution in [0.25, 0.3) is 0 Å². The summed E-state index contributed by atoms with van der Waals surface area (Å²) < 4.78 is 0. The number of hydrogen-bond acceptors (Lipinski definition) is 0. The zero-order valence-corrected chi connectivity index (χ0v) is 21.3. The van der Waals surface area contributed by atoms with Crippen LogP contribution in [0, 0.1) is 37.8 Å². The van der Waals surface area contributed by atoms with Crippen molar-refractivity contribution in [3.05, 3.63) is 84.7 Å². The topological polar surface area (TPSA) is 0 Å². The van der Waals surface area contributed by atoms with E-state index in [4.69, 9.17) is 0 Å². The van der Waals surface area contributed by atoms with Crippen molar-refractivity contribution in [1.29, 1.82) is 0 Å². The van der Waals surface area contributed by atoms with E-state index in [1.807, 2.05) is 0 Å². The van der Waals surface area contributed by atoms with Crippen LogP contribution in [0.15, 0.2) is 58.7 Å². The van der Waals surface area contributed by atoms with Gasteiger partial charge in [0.1, 0.15) is 0 Å². The van der Waals surface area contributed by atoms with Crippen molar-refractivity contribution in [3.8, 4) is 0 Å². The molecule has 0 spiro atoms. The first kappa shape index (κ1) is 33.0. The number of hydrogen-bond donors (Lipinski definition) is 0. The van der Waals surface area contributed by atoms with Gasteiger partial charge in [0, 0.05) is 0 Å². The first-order valence-electron chi connectivity index (χ1n) is 8.44. The van der Waals surface area contributed by atoms with Gasteiger partial charge >= 0.3 is 26.2 Å². The molecule has 0 aromatic rings. The Labute approximate surface area is 189 Å². The van der Waals surface area contributed by atoms with Gasteiger partial charge in [0.2, 0.25) is 0 Å². The van der Waals surface area contributed by atoms with Crippen molar-refractivity contribution in [2.24, 2.45) is 11.8 Å². The normalized spacial score (nSPS) is 19.7. The molecule has 0 saturated carbocycles. The van der Waals surface area contributed by atoms with Gasteiger partial charge in [-0.1, -0.05) is 53.4 Å². The molecule has 2 aliphatic carbocycles. The minimum Gasteiger partial charge on any atom is -0.266 e. The molecule has 2 atom stereocenters. The van der Waals surface area contributed by atoms with Crippen molar-refractivity contribution >= 4 is 12.4 Å². The summed E-state index contributed by atoms with van der Waals surface area (Å²) in [7, 11) is 0. The third-order valence-electron chi connectivity index (χ3n) is 4.47. The maximum absolute atomic E-state index is 3.36.